The summed E-state index contributed by atoms with van der Waals surface area (Å²) in [6.07, 6.45) is -12.3. The largest absolute Gasteiger partial charge is 0.466 e. The lowest BCUT2D eigenvalue weighted by Gasteiger charge is -2.33. The van der Waals surface area contributed by atoms with Crippen LogP contribution in [0.4, 0.5) is 32.0 Å². The van der Waals surface area contributed by atoms with E-state index in [-0.39, 0.29) is 19.4 Å². The maximum atomic E-state index is 14.9. The van der Waals surface area contributed by atoms with Gasteiger partial charge >= 0.3 is 18.3 Å². The summed E-state index contributed by atoms with van der Waals surface area (Å²) >= 11 is 0. The van der Waals surface area contributed by atoms with Crippen molar-refractivity contribution in [3.8, 4) is 11.6 Å². The standard InChI is InChI=1S/C27H28F6N4O6/c1-2-39-20(38)14-19-17(26(28,29)30)13-18(34)22(35-19)23-36-37-24(43-23)25(27(31,32)33,10-6-9-21-40-11-12-41-21)42-15-16-7-4-3-5-8-16/h3-5,7-8,13,21H,2,6,9-12,14-15,34H2,1H3. The lowest BCUT2D eigenvalue weighted by Crippen LogP contribution is -2.45. The first-order chi connectivity index (χ1) is 20.3. The smallest absolute Gasteiger partial charge is 0.426 e. The van der Waals surface area contributed by atoms with E-state index in [4.69, 9.17) is 29.1 Å². The van der Waals surface area contributed by atoms with Gasteiger partial charge in [0.25, 0.3) is 11.8 Å². The number of ether oxygens (including phenoxy) is 4. The molecular formula is C27H28F6N4O6. The number of pyridine rings is 1. The van der Waals surface area contributed by atoms with Gasteiger partial charge in [0, 0.05) is 0 Å². The van der Waals surface area contributed by atoms with E-state index in [0.29, 0.717) is 24.8 Å². The minimum absolute atomic E-state index is 0.0962. The average molecular weight is 619 g/mol. The van der Waals surface area contributed by atoms with Crippen molar-refractivity contribution in [2.24, 2.45) is 0 Å². The van der Waals surface area contributed by atoms with Gasteiger partial charge in [-0.05, 0) is 37.8 Å². The Morgan fingerprint density at radius 2 is 1.77 bits per heavy atom. The number of anilines is 1. The van der Waals surface area contributed by atoms with Gasteiger partial charge in [-0.2, -0.15) is 26.3 Å². The maximum absolute atomic E-state index is 14.9. The van der Waals surface area contributed by atoms with Gasteiger partial charge in [0.15, 0.2) is 12.0 Å². The second-order valence-electron chi connectivity index (χ2n) is 9.47. The highest BCUT2D eigenvalue weighted by Gasteiger charge is 2.61. The predicted octanol–water partition coefficient (Wildman–Crippen LogP) is 5.36. The predicted molar refractivity (Wildman–Crippen MR) is 136 cm³/mol. The molecule has 16 heteroatoms. The Morgan fingerprint density at radius 3 is 2.40 bits per heavy atom. The van der Waals surface area contributed by atoms with Crippen LogP contribution < -0.4 is 5.73 Å². The van der Waals surface area contributed by atoms with Gasteiger partial charge < -0.3 is 29.1 Å². The van der Waals surface area contributed by atoms with Gasteiger partial charge in [0.05, 0.1) is 49.8 Å². The Morgan fingerprint density at radius 1 is 1.07 bits per heavy atom. The van der Waals surface area contributed by atoms with Gasteiger partial charge in [-0.3, -0.25) is 4.79 Å². The summed E-state index contributed by atoms with van der Waals surface area (Å²) in [6.45, 7) is 1.50. The molecule has 0 amide bonds. The molecule has 1 aliphatic rings. The van der Waals surface area contributed by atoms with E-state index in [2.05, 4.69) is 15.2 Å². The summed E-state index contributed by atoms with van der Waals surface area (Å²) in [4.78, 5) is 15.8. The van der Waals surface area contributed by atoms with E-state index < -0.39 is 84.1 Å². The van der Waals surface area contributed by atoms with Crippen LogP contribution in [0.25, 0.3) is 11.6 Å². The molecule has 0 aliphatic carbocycles. The van der Waals surface area contributed by atoms with Crippen LogP contribution in [-0.2, 0) is 48.5 Å². The SMILES string of the molecule is CCOC(=O)Cc1nc(-c2nnc(C(CCCC3OCCO3)(OCc3ccccc3)C(F)(F)F)o2)c(N)cc1C(F)(F)F. The number of carbonyl (C=O) groups is 1. The van der Waals surface area contributed by atoms with E-state index in [1.807, 2.05) is 0 Å². The molecule has 1 fully saturated rings. The first-order valence-corrected chi connectivity index (χ1v) is 13.2. The van der Waals surface area contributed by atoms with E-state index in [1.165, 1.54) is 6.92 Å². The van der Waals surface area contributed by atoms with Crippen molar-refractivity contribution in [2.75, 3.05) is 25.6 Å². The van der Waals surface area contributed by atoms with Gasteiger partial charge in [0.2, 0.25) is 5.60 Å². The van der Waals surface area contributed by atoms with E-state index in [1.54, 1.807) is 30.3 Å². The van der Waals surface area contributed by atoms with Crippen molar-refractivity contribution in [3.63, 3.8) is 0 Å². The lowest BCUT2D eigenvalue weighted by atomic mass is 9.94. The van der Waals surface area contributed by atoms with Crippen LogP contribution in [0.1, 0.15) is 48.9 Å². The molecule has 3 heterocycles. The summed E-state index contributed by atoms with van der Waals surface area (Å²) in [5.74, 6) is -2.72. The number of alkyl halides is 6. The molecule has 10 nitrogen and oxygen atoms in total. The van der Waals surface area contributed by atoms with Gasteiger partial charge in [-0.1, -0.05) is 30.3 Å². The second-order valence-corrected chi connectivity index (χ2v) is 9.47. The molecule has 1 atom stereocenters. The quantitative estimate of drug-likeness (QED) is 0.209. The summed E-state index contributed by atoms with van der Waals surface area (Å²) in [6, 6.07) is 8.56. The number of nitrogens with two attached hydrogens (primary N) is 1. The maximum Gasteiger partial charge on any atom is 0.426 e. The van der Waals surface area contributed by atoms with Crippen LogP contribution in [0.15, 0.2) is 40.8 Å². The summed E-state index contributed by atoms with van der Waals surface area (Å²) < 4.78 is 112. The average Bonchev–Trinajstić information content (AvgIpc) is 3.64. The lowest BCUT2D eigenvalue weighted by molar-refractivity contribution is -0.300. The molecule has 0 spiro atoms. The van der Waals surface area contributed by atoms with Crippen molar-refractivity contribution in [2.45, 2.75) is 63.5 Å². The Labute approximate surface area is 241 Å². The topological polar surface area (TPSA) is 132 Å². The van der Waals surface area contributed by atoms with E-state index in [9.17, 15) is 31.1 Å². The molecular weight excluding hydrogens is 590 g/mol. The van der Waals surface area contributed by atoms with E-state index >= 15 is 0 Å². The number of halogens is 6. The fourth-order valence-corrected chi connectivity index (χ4v) is 4.41. The van der Waals surface area contributed by atoms with E-state index in [0.717, 1.165) is 0 Å². The minimum atomic E-state index is -5.09. The number of benzene rings is 1. The van der Waals surface area contributed by atoms with Crippen LogP contribution in [0.5, 0.6) is 0 Å². The summed E-state index contributed by atoms with van der Waals surface area (Å²) in [5, 5.41) is 7.22. The molecule has 1 saturated heterocycles. The molecule has 1 aromatic carbocycles. The second kappa shape index (κ2) is 13.3. The zero-order valence-electron chi connectivity index (χ0n) is 22.8. The minimum Gasteiger partial charge on any atom is -0.466 e. The van der Waals surface area contributed by atoms with Crippen LogP contribution in [0.3, 0.4) is 0 Å². The number of nitrogen functional groups attached to an aromatic ring is 1. The highest BCUT2D eigenvalue weighted by molar-refractivity contribution is 5.74. The molecule has 234 valence electrons. The van der Waals surface area contributed by atoms with Crippen molar-refractivity contribution in [1.82, 2.24) is 15.2 Å². The Bertz CT molecular complexity index is 1380. The number of hydrogen-bond acceptors (Lipinski definition) is 10. The third kappa shape index (κ3) is 7.61. The van der Waals surface area contributed by atoms with Crippen LogP contribution in [0.2, 0.25) is 0 Å². The molecule has 1 aliphatic heterocycles. The number of carbonyl (C=O) groups excluding carboxylic acids is 1. The first kappa shape index (κ1) is 32.2. The monoisotopic (exact) mass is 618 g/mol. The normalized spacial score (nSPS) is 15.9. The molecule has 3 aromatic rings. The fraction of sp³-hybridized carbons (Fsp3) is 0.481. The number of esters is 1. The molecule has 0 radical (unpaired) electrons. The van der Waals surface area contributed by atoms with Crippen molar-refractivity contribution in [1.29, 1.82) is 0 Å². The molecule has 0 saturated carbocycles. The van der Waals surface area contributed by atoms with Crippen LogP contribution in [0, 0.1) is 0 Å². The summed E-state index contributed by atoms with van der Waals surface area (Å²) in [5.41, 5.74) is -0.157. The fourth-order valence-electron chi connectivity index (χ4n) is 4.41. The van der Waals surface area contributed by atoms with Crippen molar-refractivity contribution >= 4 is 11.7 Å². The molecule has 4 rings (SSSR count). The number of hydrogen-bond donors (Lipinski definition) is 1. The highest BCUT2D eigenvalue weighted by atomic mass is 19.4. The van der Waals surface area contributed by atoms with Crippen LogP contribution >= 0.6 is 0 Å². The Hall–Kier alpha value is -3.76. The van der Waals surface area contributed by atoms with Gasteiger partial charge in [0.1, 0.15) is 0 Å². The molecule has 2 aromatic heterocycles. The third-order valence-corrected chi connectivity index (χ3v) is 6.47. The van der Waals surface area contributed by atoms with Crippen molar-refractivity contribution < 1.29 is 54.5 Å². The zero-order chi connectivity index (χ0) is 31.3. The number of aromatic nitrogens is 3. The Kier molecular flexibility index (Phi) is 9.92. The van der Waals surface area contributed by atoms with Gasteiger partial charge in [-0.15, -0.1) is 10.2 Å². The number of nitrogens with zero attached hydrogens (tertiary/aromatic N) is 3. The number of rotatable bonds is 12. The molecule has 0 bridgehead atoms. The zero-order valence-corrected chi connectivity index (χ0v) is 22.8. The molecule has 1 unspecified atom stereocenters. The first-order valence-electron chi connectivity index (χ1n) is 13.2. The molecule has 43 heavy (non-hydrogen) atoms. The van der Waals surface area contributed by atoms with Crippen molar-refractivity contribution in [3.05, 3.63) is 59.1 Å². The Balaban J connectivity index is 1.73. The third-order valence-electron chi connectivity index (χ3n) is 6.47. The molecule has 2 N–H and O–H groups in total. The summed E-state index contributed by atoms with van der Waals surface area (Å²) in [7, 11) is 0. The van der Waals surface area contributed by atoms with Gasteiger partial charge in [-0.25, -0.2) is 4.98 Å². The van der Waals surface area contributed by atoms with Crippen LogP contribution in [-0.4, -0.2) is 53.4 Å². The highest BCUT2D eigenvalue weighted by Crippen LogP contribution is 2.47.